The fourth-order valence-corrected chi connectivity index (χ4v) is 5.65. The lowest BCUT2D eigenvalue weighted by Crippen LogP contribution is -2.57. The molecule has 266 valence electrons. The third-order valence-corrected chi connectivity index (χ3v) is 8.07. The normalized spacial score (nSPS) is 14.3. The van der Waals surface area contributed by atoms with Gasteiger partial charge in [-0.15, -0.1) is 0 Å². The minimum Gasteiger partial charge on any atom is -0.458 e. The molecule has 2 aromatic carbocycles. The average Bonchev–Trinajstić information content (AvgIpc) is 2.99. The predicted molar refractivity (Wildman–Crippen MR) is 194 cm³/mol. The van der Waals surface area contributed by atoms with Crippen molar-refractivity contribution in [3.8, 4) is 0 Å². The van der Waals surface area contributed by atoms with E-state index < -0.39 is 53.2 Å². The van der Waals surface area contributed by atoms with Gasteiger partial charge in [0.15, 0.2) is 0 Å². The van der Waals surface area contributed by atoms with E-state index in [9.17, 15) is 19.2 Å². The molecule has 4 unspecified atom stereocenters. The zero-order valence-electron chi connectivity index (χ0n) is 30.5. The summed E-state index contributed by atoms with van der Waals surface area (Å²) >= 11 is 1.56. The van der Waals surface area contributed by atoms with Crippen LogP contribution in [0.4, 0.5) is 4.79 Å². The quantitative estimate of drug-likeness (QED) is 0.182. The van der Waals surface area contributed by atoms with Gasteiger partial charge < -0.3 is 25.0 Å². The van der Waals surface area contributed by atoms with Gasteiger partial charge in [-0.1, -0.05) is 74.5 Å². The topological polar surface area (TPSA) is 114 Å². The molecule has 4 atom stereocenters. The molecule has 0 heterocycles. The van der Waals surface area contributed by atoms with Gasteiger partial charge in [0, 0.05) is 12.5 Å². The van der Waals surface area contributed by atoms with Gasteiger partial charge in [0.2, 0.25) is 11.8 Å². The fraction of sp³-hybridized carbons (Fsp3) is 0.579. The molecular weight excluding hydrogens is 627 g/mol. The van der Waals surface area contributed by atoms with Crippen LogP contribution in [0, 0.1) is 5.92 Å². The molecule has 0 spiro atoms. The standard InChI is InChI=1S/C38H57N3O6S/c1-26(2)21-22-27(3)41(34(43)30(23-24-48-10)40-36(45)47-38(7,8)9)32(29-19-15-12-16-20-29)33(42)39-31(35(44)46-37(4,5)6)25-28-17-13-11-14-18-28/h11-20,26-27,30-32H,21-25H2,1-10H3,(H,39,42)(H,40,45). The highest BCUT2D eigenvalue weighted by atomic mass is 32.2. The lowest BCUT2D eigenvalue weighted by atomic mass is 9.96. The molecule has 10 heteroatoms. The zero-order valence-corrected chi connectivity index (χ0v) is 31.3. The number of carbonyl (C=O) groups excluding carboxylic acids is 4. The van der Waals surface area contributed by atoms with Crippen LogP contribution in [-0.2, 0) is 30.3 Å². The Morgan fingerprint density at radius 1 is 0.750 bits per heavy atom. The van der Waals surface area contributed by atoms with E-state index in [1.165, 1.54) is 0 Å². The van der Waals surface area contributed by atoms with Crippen LogP contribution in [0.3, 0.4) is 0 Å². The molecule has 0 aliphatic heterocycles. The number of esters is 1. The predicted octanol–water partition coefficient (Wildman–Crippen LogP) is 7.10. The number of benzene rings is 2. The maximum absolute atomic E-state index is 14.7. The van der Waals surface area contributed by atoms with Crippen molar-refractivity contribution in [1.82, 2.24) is 15.5 Å². The summed E-state index contributed by atoms with van der Waals surface area (Å²) in [6.45, 7) is 16.8. The highest BCUT2D eigenvalue weighted by molar-refractivity contribution is 7.98. The van der Waals surface area contributed by atoms with Crippen LogP contribution in [0.15, 0.2) is 60.7 Å². The Labute approximate surface area is 292 Å². The van der Waals surface area contributed by atoms with E-state index in [4.69, 9.17) is 9.47 Å². The smallest absolute Gasteiger partial charge is 0.408 e. The van der Waals surface area contributed by atoms with Crippen molar-refractivity contribution in [3.05, 3.63) is 71.8 Å². The fourth-order valence-electron chi connectivity index (χ4n) is 5.18. The minimum atomic E-state index is -1.10. The van der Waals surface area contributed by atoms with Crippen LogP contribution >= 0.6 is 11.8 Å². The van der Waals surface area contributed by atoms with E-state index in [0.29, 0.717) is 30.1 Å². The van der Waals surface area contributed by atoms with Crippen LogP contribution in [0.2, 0.25) is 0 Å². The molecule has 0 saturated heterocycles. The molecule has 0 fully saturated rings. The SMILES string of the molecule is CSCCC(NC(=O)OC(C)(C)C)C(=O)N(C(C)CCC(C)C)C(C(=O)NC(Cc1ccccc1)C(=O)OC(C)(C)C)c1ccccc1. The first kappa shape index (κ1) is 40.6. The van der Waals surface area contributed by atoms with Gasteiger partial charge in [0.05, 0.1) is 0 Å². The first-order chi connectivity index (χ1) is 22.4. The Morgan fingerprint density at radius 3 is 1.83 bits per heavy atom. The van der Waals surface area contributed by atoms with Crippen molar-refractivity contribution in [2.75, 3.05) is 12.0 Å². The van der Waals surface area contributed by atoms with Crippen molar-refractivity contribution in [2.24, 2.45) is 5.92 Å². The number of ether oxygens (including phenoxy) is 2. The van der Waals surface area contributed by atoms with Gasteiger partial charge in [0.25, 0.3) is 0 Å². The molecular formula is C38H57N3O6S. The van der Waals surface area contributed by atoms with Crippen LogP contribution in [0.5, 0.6) is 0 Å². The van der Waals surface area contributed by atoms with E-state index >= 15 is 0 Å². The molecule has 9 nitrogen and oxygen atoms in total. The first-order valence-electron chi connectivity index (χ1n) is 16.8. The van der Waals surface area contributed by atoms with Crippen LogP contribution < -0.4 is 10.6 Å². The second kappa shape index (κ2) is 18.9. The summed E-state index contributed by atoms with van der Waals surface area (Å²) in [5.74, 6) is -0.518. The Bertz CT molecular complexity index is 1310. The van der Waals surface area contributed by atoms with Gasteiger partial charge in [-0.3, -0.25) is 9.59 Å². The number of alkyl carbamates (subject to hydrolysis) is 1. The van der Waals surface area contributed by atoms with E-state index in [2.05, 4.69) is 24.5 Å². The summed E-state index contributed by atoms with van der Waals surface area (Å²) in [5, 5.41) is 5.77. The lowest BCUT2D eigenvalue weighted by Gasteiger charge is -2.39. The van der Waals surface area contributed by atoms with E-state index in [1.54, 1.807) is 70.3 Å². The third-order valence-electron chi connectivity index (χ3n) is 7.42. The number of nitrogens with one attached hydrogen (secondary N) is 2. The van der Waals surface area contributed by atoms with E-state index in [1.807, 2.05) is 61.7 Å². The second-order valence-corrected chi connectivity index (χ2v) is 15.6. The van der Waals surface area contributed by atoms with Gasteiger partial charge in [0.1, 0.15) is 29.3 Å². The average molecular weight is 684 g/mol. The van der Waals surface area contributed by atoms with Crippen molar-refractivity contribution >= 4 is 35.6 Å². The van der Waals surface area contributed by atoms with Crippen LogP contribution in [0.25, 0.3) is 0 Å². The largest absolute Gasteiger partial charge is 0.458 e. The van der Waals surface area contributed by atoms with Crippen molar-refractivity contribution in [2.45, 2.75) is 123 Å². The monoisotopic (exact) mass is 683 g/mol. The maximum Gasteiger partial charge on any atom is 0.408 e. The minimum absolute atomic E-state index is 0.205. The van der Waals surface area contributed by atoms with E-state index in [-0.39, 0.29) is 12.5 Å². The van der Waals surface area contributed by atoms with Gasteiger partial charge in [-0.2, -0.15) is 11.8 Å². The highest BCUT2D eigenvalue weighted by Gasteiger charge is 2.40. The molecule has 0 aliphatic carbocycles. The van der Waals surface area contributed by atoms with Crippen LogP contribution in [0.1, 0.15) is 98.7 Å². The molecule has 48 heavy (non-hydrogen) atoms. The molecule has 0 aliphatic rings. The molecule has 3 amide bonds. The molecule has 0 radical (unpaired) electrons. The van der Waals surface area contributed by atoms with Gasteiger partial charge >= 0.3 is 12.1 Å². The van der Waals surface area contributed by atoms with Gasteiger partial charge in [-0.25, -0.2) is 9.59 Å². The number of carbonyl (C=O) groups is 4. The molecule has 2 aromatic rings. The summed E-state index contributed by atoms with van der Waals surface area (Å²) in [7, 11) is 0. The number of thioether (sulfide) groups is 1. The molecule has 0 aromatic heterocycles. The maximum atomic E-state index is 14.7. The number of nitrogens with zero attached hydrogens (tertiary/aromatic N) is 1. The summed E-state index contributed by atoms with van der Waals surface area (Å²) < 4.78 is 11.3. The zero-order chi connectivity index (χ0) is 36.1. The Morgan fingerprint density at radius 2 is 1.31 bits per heavy atom. The lowest BCUT2D eigenvalue weighted by molar-refractivity contribution is -0.159. The van der Waals surface area contributed by atoms with Crippen LogP contribution in [-0.4, -0.2) is 70.1 Å². The molecule has 0 bridgehead atoms. The summed E-state index contributed by atoms with van der Waals surface area (Å²) in [5.41, 5.74) is -0.102. The van der Waals surface area contributed by atoms with E-state index in [0.717, 1.165) is 12.0 Å². The number of hydrogen-bond donors (Lipinski definition) is 2. The van der Waals surface area contributed by atoms with Crippen molar-refractivity contribution < 1.29 is 28.7 Å². The number of hydrogen-bond acceptors (Lipinski definition) is 7. The molecule has 2 N–H and O–H groups in total. The Hall–Kier alpha value is -3.53. The molecule has 0 saturated carbocycles. The second-order valence-electron chi connectivity index (χ2n) is 14.6. The van der Waals surface area contributed by atoms with Crippen molar-refractivity contribution in [3.63, 3.8) is 0 Å². The Kier molecular flexibility index (Phi) is 16.0. The number of rotatable bonds is 16. The molecule has 2 rings (SSSR count). The summed E-state index contributed by atoms with van der Waals surface area (Å²) in [6.07, 6.45) is 3.21. The first-order valence-corrected chi connectivity index (χ1v) is 18.2. The highest BCUT2D eigenvalue weighted by Crippen LogP contribution is 2.28. The summed E-state index contributed by atoms with van der Waals surface area (Å²) in [4.78, 5) is 57.5. The van der Waals surface area contributed by atoms with Crippen molar-refractivity contribution in [1.29, 1.82) is 0 Å². The number of amides is 3. The van der Waals surface area contributed by atoms with Gasteiger partial charge in [-0.05, 0) is 96.8 Å². The summed E-state index contributed by atoms with van der Waals surface area (Å²) in [6, 6.07) is 15.1. The Balaban J connectivity index is 2.65. The third kappa shape index (κ3) is 14.3.